The molecule has 5 nitrogen and oxygen atoms in total. The van der Waals surface area contributed by atoms with Crippen LogP contribution in [0.25, 0.3) is 0 Å². The summed E-state index contributed by atoms with van der Waals surface area (Å²) < 4.78 is 0. The fourth-order valence-corrected chi connectivity index (χ4v) is 4.41. The first-order chi connectivity index (χ1) is 12.6. The molecule has 0 aromatic carbocycles. The number of guanidine groups is 1. The summed E-state index contributed by atoms with van der Waals surface area (Å²) in [4.78, 5) is 8.83. The summed E-state index contributed by atoms with van der Waals surface area (Å²) in [7, 11) is 0. The molecule has 0 aliphatic carbocycles. The minimum absolute atomic E-state index is 0.246. The SMILES string of the molecule is CCNC(=NCC(CCO)CC(C)C)NCCN1CCc2sccc2C1. The molecule has 1 aliphatic rings. The Labute approximate surface area is 162 Å². The predicted molar refractivity (Wildman–Crippen MR) is 112 cm³/mol. The van der Waals surface area contributed by atoms with E-state index >= 15 is 0 Å². The lowest BCUT2D eigenvalue weighted by Crippen LogP contribution is -2.42. The summed E-state index contributed by atoms with van der Waals surface area (Å²) in [6.07, 6.45) is 3.12. The van der Waals surface area contributed by atoms with E-state index in [9.17, 15) is 5.11 Å². The lowest BCUT2D eigenvalue weighted by molar-refractivity contribution is 0.245. The molecule has 3 N–H and O–H groups in total. The van der Waals surface area contributed by atoms with Crippen LogP contribution in [0, 0.1) is 11.8 Å². The molecule has 1 unspecified atom stereocenters. The van der Waals surface area contributed by atoms with Gasteiger partial charge in [0.05, 0.1) is 0 Å². The third kappa shape index (κ3) is 7.25. The smallest absolute Gasteiger partial charge is 0.191 e. The molecule has 26 heavy (non-hydrogen) atoms. The van der Waals surface area contributed by atoms with Crippen molar-refractivity contribution in [2.45, 2.75) is 46.6 Å². The third-order valence-corrected chi connectivity index (χ3v) is 5.82. The highest BCUT2D eigenvalue weighted by atomic mass is 32.1. The molecular formula is C20H36N4OS. The highest BCUT2D eigenvalue weighted by Gasteiger charge is 2.16. The summed E-state index contributed by atoms with van der Waals surface area (Å²) in [5.74, 6) is 1.99. The van der Waals surface area contributed by atoms with Gasteiger partial charge in [-0.05, 0) is 55.0 Å². The first-order valence-corrected chi connectivity index (χ1v) is 10.9. The number of aliphatic hydroxyl groups is 1. The standard InChI is InChI=1S/C20H36N4OS/c1-4-21-20(23-14-17(6-11-25)13-16(2)3)22-8-10-24-9-5-19-18(15-24)7-12-26-19/h7,12,16-17,25H,4-6,8-11,13-15H2,1-3H3,(H2,21,22,23). The molecule has 0 amide bonds. The van der Waals surface area contributed by atoms with Crippen molar-refractivity contribution >= 4 is 17.3 Å². The van der Waals surface area contributed by atoms with E-state index in [0.29, 0.717) is 11.8 Å². The second-order valence-corrected chi connectivity index (χ2v) is 8.55. The second kappa shape index (κ2) is 11.6. The van der Waals surface area contributed by atoms with Crippen molar-refractivity contribution in [1.82, 2.24) is 15.5 Å². The number of aliphatic hydroxyl groups excluding tert-OH is 1. The third-order valence-electron chi connectivity index (χ3n) is 4.80. The lowest BCUT2D eigenvalue weighted by atomic mass is 9.94. The molecule has 1 aliphatic heterocycles. The van der Waals surface area contributed by atoms with Crippen LogP contribution < -0.4 is 10.6 Å². The van der Waals surface area contributed by atoms with Gasteiger partial charge in [0.1, 0.15) is 0 Å². The monoisotopic (exact) mass is 380 g/mol. The van der Waals surface area contributed by atoms with Crippen LogP contribution in [0.1, 0.15) is 44.1 Å². The van der Waals surface area contributed by atoms with Crippen LogP contribution in [0.2, 0.25) is 0 Å². The summed E-state index contributed by atoms with van der Waals surface area (Å²) in [6, 6.07) is 2.27. The number of aliphatic imine (C=N–C) groups is 1. The van der Waals surface area contributed by atoms with Crippen molar-refractivity contribution in [3.63, 3.8) is 0 Å². The second-order valence-electron chi connectivity index (χ2n) is 7.55. The van der Waals surface area contributed by atoms with E-state index in [-0.39, 0.29) is 6.61 Å². The molecule has 1 aromatic rings. The van der Waals surface area contributed by atoms with E-state index in [0.717, 1.165) is 58.1 Å². The average Bonchev–Trinajstić information content (AvgIpc) is 3.07. The van der Waals surface area contributed by atoms with Crippen molar-refractivity contribution in [3.8, 4) is 0 Å². The van der Waals surface area contributed by atoms with Gasteiger partial charge in [0.25, 0.3) is 0 Å². The largest absolute Gasteiger partial charge is 0.396 e. The normalized spacial score (nSPS) is 16.6. The zero-order valence-electron chi connectivity index (χ0n) is 16.6. The van der Waals surface area contributed by atoms with Crippen molar-refractivity contribution in [2.75, 3.05) is 39.3 Å². The number of rotatable bonds is 10. The fraction of sp³-hybridized carbons (Fsp3) is 0.750. The van der Waals surface area contributed by atoms with E-state index in [1.807, 2.05) is 11.3 Å². The molecule has 2 heterocycles. The Kier molecular flexibility index (Phi) is 9.43. The van der Waals surface area contributed by atoms with Crippen LogP contribution in [-0.2, 0) is 13.0 Å². The molecular weight excluding hydrogens is 344 g/mol. The Morgan fingerprint density at radius 3 is 2.96 bits per heavy atom. The minimum atomic E-state index is 0.246. The lowest BCUT2D eigenvalue weighted by Gasteiger charge is -2.27. The molecule has 2 rings (SSSR count). The van der Waals surface area contributed by atoms with E-state index in [1.165, 1.54) is 12.0 Å². The summed E-state index contributed by atoms with van der Waals surface area (Å²) in [6.45, 7) is 12.6. The molecule has 0 spiro atoms. The van der Waals surface area contributed by atoms with Gasteiger partial charge >= 0.3 is 0 Å². The molecule has 0 bridgehead atoms. The quantitative estimate of drug-likeness (QED) is 0.431. The van der Waals surface area contributed by atoms with Gasteiger partial charge in [-0.15, -0.1) is 11.3 Å². The highest BCUT2D eigenvalue weighted by molar-refractivity contribution is 7.10. The van der Waals surface area contributed by atoms with Crippen LogP contribution >= 0.6 is 11.3 Å². The minimum Gasteiger partial charge on any atom is -0.396 e. The molecule has 0 saturated heterocycles. The number of fused-ring (bicyclic) bond motifs is 1. The fourth-order valence-electron chi connectivity index (χ4n) is 3.53. The highest BCUT2D eigenvalue weighted by Crippen LogP contribution is 2.23. The molecule has 6 heteroatoms. The first-order valence-electron chi connectivity index (χ1n) is 10.0. The summed E-state index contributed by atoms with van der Waals surface area (Å²) in [5.41, 5.74) is 1.50. The van der Waals surface area contributed by atoms with Crippen LogP contribution in [0.5, 0.6) is 0 Å². The van der Waals surface area contributed by atoms with Crippen molar-refractivity contribution in [3.05, 3.63) is 21.9 Å². The van der Waals surface area contributed by atoms with Gasteiger partial charge in [0, 0.05) is 50.8 Å². The number of hydrogen-bond donors (Lipinski definition) is 3. The van der Waals surface area contributed by atoms with E-state index < -0.39 is 0 Å². The van der Waals surface area contributed by atoms with Gasteiger partial charge in [-0.1, -0.05) is 13.8 Å². The van der Waals surface area contributed by atoms with Crippen molar-refractivity contribution in [1.29, 1.82) is 0 Å². The summed E-state index contributed by atoms with van der Waals surface area (Å²) >= 11 is 1.89. The Morgan fingerprint density at radius 1 is 1.38 bits per heavy atom. The molecule has 1 aromatic heterocycles. The van der Waals surface area contributed by atoms with E-state index in [4.69, 9.17) is 4.99 Å². The van der Waals surface area contributed by atoms with Crippen LogP contribution in [-0.4, -0.2) is 55.3 Å². The van der Waals surface area contributed by atoms with Gasteiger partial charge in [0.15, 0.2) is 5.96 Å². The van der Waals surface area contributed by atoms with Crippen LogP contribution in [0.3, 0.4) is 0 Å². The average molecular weight is 381 g/mol. The Bertz CT molecular complexity index is 544. The first kappa shape index (κ1) is 21.2. The number of nitrogens with one attached hydrogen (secondary N) is 2. The summed E-state index contributed by atoms with van der Waals surface area (Å²) in [5, 5.41) is 18.3. The van der Waals surface area contributed by atoms with Crippen molar-refractivity contribution < 1.29 is 5.11 Å². The molecule has 0 saturated carbocycles. The Hall–Kier alpha value is -1.11. The molecule has 0 fully saturated rings. The number of thiophene rings is 1. The molecule has 0 radical (unpaired) electrons. The maximum atomic E-state index is 9.27. The van der Waals surface area contributed by atoms with Gasteiger partial charge < -0.3 is 15.7 Å². The number of nitrogens with zero attached hydrogens (tertiary/aromatic N) is 2. The number of hydrogen-bond acceptors (Lipinski definition) is 4. The van der Waals surface area contributed by atoms with Crippen LogP contribution in [0.4, 0.5) is 0 Å². The maximum absolute atomic E-state index is 9.27. The van der Waals surface area contributed by atoms with Crippen LogP contribution in [0.15, 0.2) is 16.4 Å². The van der Waals surface area contributed by atoms with Crippen molar-refractivity contribution in [2.24, 2.45) is 16.8 Å². The Morgan fingerprint density at radius 2 is 2.23 bits per heavy atom. The maximum Gasteiger partial charge on any atom is 0.191 e. The predicted octanol–water partition coefficient (Wildman–Crippen LogP) is 2.71. The topological polar surface area (TPSA) is 59.9 Å². The molecule has 1 atom stereocenters. The zero-order valence-corrected chi connectivity index (χ0v) is 17.4. The molecule has 148 valence electrons. The van der Waals surface area contributed by atoms with Gasteiger partial charge in [-0.25, -0.2) is 0 Å². The Balaban J connectivity index is 1.77. The van der Waals surface area contributed by atoms with E-state index in [1.54, 1.807) is 4.88 Å². The van der Waals surface area contributed by atoms with Gasteiger partial charge in [-0.3, -0.25) is 9.89 Å². The van der Waals surface area contributed by atoms with Gasteiger partial charge in [0.2, 0.25) is 0 Å². The van der Waals surface area contributed by atoms with E-state index in [2.05, 4.69) is 47.8 Å². The van der Waals surface area contributed by atoms with Gasteiger partial charge in [-0.2, -0.15) is 0 Å². The zero-order chi connectivity index (χ0) is 18.8.